The quantitative estimate of drug-likeness (QED) is 0.820. The van der Waals surface area contributed by atoms with Crippen LogP contribution in [0, 0.1) is 6.92 Å². The summed E-state index contributed by atoms with van der Waals surface area (Å²) in [6.07, 6.45) is 3.74. The van der Waals surface area contributed by atoms with Gasteiger partial charge in [-0.2, -0.15) is 4.98 Å². The largest absolute Gasteiger partial charge is 0.339 e. The van der Waals surface area contributed by atoms with Crippen LogP contribution in [-0.4, -0.2) is 34.0 Å². The summed E-state index contributed by atoms with van der Waals surface area (Å²) < 4.78 is 18.0. The monoisotopic (exact) mass is 253 g/mol. The van der Waals surface area contributed by atoms with Gasteiger partial charge in [0, 0.05) is 19.4 Å². The van der Waals surface area contributed by atoms with E-state index in [9.17, 15) is 9.18 Å². The van der Waals surface area contributed by atoms with Crippen molar-refractivity contribution in [2.45, 2.75) is 32.6 Å². The first-order chi connectivity index (χ1) is 8.65. The zero-order valence-electron chi connectivity index (χ0n) is 10.4. The average molecular weight is 253 g/mol. The van der Waals surface area contributed by atoms with Crippen molar-refractivity contribution in [3.8, 4) is 0 Å². The Kier molecular flexibility index (Phi) is 4.07. The van der Waals surface area contributed by atoms with E-state index in [1.165, 1.54) is 6.08 Å². The third-order valence-electron chi connectivity index (χ3n) is 2.81. The van der Waals surface area contributed by atoms with E-state index in [4.69, 9.17) is 4.52 Å². The molecule has 0 aromatic carbocycles. The fraction of sp³-hybridized carbons (Fsp3) is 0.583. The highest BCUT2D eigenvalue weighted by Gasteiger charge is 2.17. The van der Waals surface area contributed by atoms with Crippen molar-refractivity contribution in [3.05, 3.63) is 23.6 Å². The summed E-state index contributed by atoms with van der Waals surface area (Å²) in [5, 5.41) is 3.68. The first-order valence-corrected chi connectivity index (χ1v) is 6.06. The maximum atomic E-state index is 13.0. The van der Waals surface area contributed by atoms with Gasteiger partial charge >= 0.3 is 0 Å². The zero-order valence-corrected chi connectivity index (χ0v) is 10.4. The summed E-state index contributed by atoms with van der Waals surface area (Å²) in [7, 11) is 0. The Morgan fingerprint density at radius 1 is 1.61 bits per heavy atom. The minimum absolute atomic E-state index is 0.0190. The van der Waals surface area contributed by atoms with Gasteiger partial charge in [-0.1, -0.05) is 5.16 Å². The van der Waals surface area contributed by atoms with Crippen LogP contribution in [0.2, 0.25) is 0 Å². The van der Waals surface area contributed by atoms with Gasteiger partial charge in [-0.3, -0.25) is 4.79 Å². The van der Waals surface area contributed by atoms with Crippen molar-refractivity contribution in [1.29, 1.82) is 0 Å². The maximum Gasteiger partial charge on any atom is 0.226 e. The lowest BCUT2D eigenvalue weighted by Gasteiger charge is -2.24. The SMILES string of the molecule is Cc1noc(CCCC(=O)N2CCC=C(F)C2)n1. The second-order valence-electron chi connectivity index (χ2n) is 4.34. The van der Waals surface area contributed by atoms with Crippen LogP contribution in [0.15, 0.2) is 16.4 Å². The van der Waals surface area contributed by atoms with Gasteiger partial charge in [0.05, 0.1) is 6.54 Å². The van der Waals surface area contributed by atoms with Gasteiger partial charge in [0.2, 0.25) is 11.8 Å². The molecule has 1 aliphatic heterocycles. The van der Waals surface area contributed by atoms with E-state index in [-0.39, 0.29) is 18.3 Å². The van der Waals surface area contributed by atoms with Gasteiger partial charge in [-0.25, -0.2) is 4.39 Å². The summed E-state index contributed by atoms with van der Waals surface area (Å²) >= 11 is 0. The van der Waals surface area contributed by atoms with Crippen molar-refractivity contribution in [3.63, 3.8) is 0 Å². The van der Waals surface area contributed by atoms with Crippen LogP contribution >= 0.6 is 0 Å². The van der Waals surface area contributed by atoms with Crippen LogP contribution < -0.4 is 0 Å². The van der Waals surface area contributed by atoms with E-state index in [0.29, 0.717) is 43.9 Å². The lowest BCUT2D eigenvalue weighted by molar-refractivity contribution is -0.131. The number of amides is 1. The number of hydrogen-bond donors (Lipinski definition) is 0. The van der Waals surface area contributed by atoms with Gasteiger partial charge in [-0.15, -0.1) is 0 Å². The highest BCUT2D eigenvalue weighted by atomic mass is 19.1. The second kappa shape index (κ2) is 5.75. The van der Waals surface area contributed by atoms with E-state index >= 15 is 0 Å². The molecular weight excluding hydrogens is 237 g/mol. The molecule has 0 unspecified atom stereocenters. The van der Waals surface area contributed by atoms with Gasteiger partial charge in [0.1, 0.15) is 5.83 Å². The molecule has 5 nitrogen and oxygen atoms in total. The molecule has 0 fully saturated rings. The van der Waals surface area contributed by atoms with Crippen LogP contribution in [0.4, 0.5) is 4.39 Å². The molecule has 0 bridgehead atoms. The van der Waals surface area contributed by atoms with Crippen LogP contribution in [0.5, 0.6) is 0 Å². The molecular formula is C12H16FN3O2. The molecule has 0 aliphatic carbocycles. The molecule has 0 N–H and O–H groups in total. The maximum absolute atomic E-state index is 13.0. The number of aromatic nitrogens is 2. The van der Waals surface area contributed by atoms with Gasteiger partial charge in [0.15, 0.2) is 5.82 Å². The fourth-order valence-electron chi connectivity index (χ4n) is 1.91. The van der Waals surface area contributed by atoms with Crippen LogP contribution in [0.25, 0.3) is 0 Å². The van der Waals surface area contributed by atoms with Gasteiger partial charge < -0.3 is 9.42 Å². The minimum atomic E-state index is -0.220. The molecule has 0 radical (unpaired) electrons. The number of hydrogen-bond acceptors (Lipinski definition) is 4. The standard InChI is InChI=1S/C12H16FN3O2/c1-9-14-11(18-15-9)5-2-6-12(17)16-7-3-4-10(13)8-16/h4H,2-3,5-8H2,1H3. The highest BCUT2D eigenvalue weighted by molar-refractivity contribution is 5.76. The Hall–Kier alpha value is -1.72. The molecule has 6 heteroatoms. The number of halogens is 1. The van der Waals surface area contributed by atoms with Gasteiger partial charge in [-0.05, 0) is 25.8 Å². The summed E-state index contributed by atoms with van der Waals surface area (Å²) in [6, 6.07) is 0. The van der Waals surface area contributed by atoms with Crippen molar-refractivity contribution in [2.24, 2.45) is 0 Å². The molecule has 0 saturated carbocycles. The molecule has 2 heterocycles. The molecule has 98 valence electrons. The summed E-state index contributed by atoms with van der Waals surface area (Å²) in [4.78, 5) is 17.4. The van der Waals surface area contributed by atoms with E-state index in [1.54, 1.807) is 11.8 Å². The number of nitrogens with zero attached hydrogens (tertiary/aromatic N) is 3. The second-order valence-corrected chi connectivity index (χ2v) is 4.34. The Bertz CT molecular complexity index is 456. The van der Waals surface area contributed by atoms with E-state index in [2.05, 4.69) is 10.1 Å². The predicted octanol–water partition coefficient (Wildman–Crippen LogP) is 1.79. The number of aryl methyl sites for hydroxylation is 2. The number of carbonyl (C=O) groups is 1. The summed E-state index contributed by atoms with van der Waals surface area (Å²) in [5.74, 6) is 0.904. The highest BCUT2D eigenvalue weighted by Crippen LogP contribution is 2.13. The number of rotatable bonds is 4. The molecule has 0 atom stereocenters. The molecule has 1 aliphatic rings. The van der Waals surface area contributed by atoms with Crippen molar-refractivity contribution in [2.75, 3.05) is 13.1 Å². The Balaban J connectivity index is 1.73. The van der Waals surface area contributed by atoms with E-state index < -0.39 is 0 Å². The molecule has 18 heavy (non-hydrogen) atoms. The summed E-state index contributed by atoms with van der Waals surface area (Å²) in [5.41, 5.74) is 0. The molecule has 0 saturated heterocycles. The topological polar surface area (TPSA) is 59.2 Å². The number of carbonyl (C=O) groups excluding carboxylic acids is 1. The third-order valence-corrected chi connectivity index (χ3v) is 2.81. The molecule has 1 aromatic heterocycles. The third kappa shape index (κ3) is 3.38. The lowest BCUT2D eigenvalue weighted by atomic mass is 10.2. The molecule has 0 spiro atoms. The van der Waals surface area contributed by atoms with E-state index in [0.717, 1.165) is 0 Å². The van der Waals surface area contributed by atoms with Crippen LogP contribution in [-0.2, 0) is 11.2 Å². The Morgan fingerprint density at radius 2 is 2.44 bits per heavy atom. The lowest BCUT2D eigenvalue weighted by Crippen LogP contribution is -2.35. The van der Waals surface area contributed by atoms with Gasteiger partial charge in [0.25, 0.3) is 0 Å². The van der Waals surface area contributed by atoms with Crippen molar-refractivity contribution < 1.29 is 13.7 Å². The van der Waals surface area contributed by atoms with Crippen LogP contribution in [0.3, 0.4) is 0 Å². The summed E-state index contributed by atoms with van der Waals surface area (Å²) in [6.45, 7) is 2.46. The Labute approximate surface area is 105 Å². The van der Waals surface area contributed by atoms with Crippen molar-refractivity contribution in [1.82, 2.24) is 15.0 Å². The fourth-order valence-corrected chi connectivity index (χ4v) is 1.91. The molecule has 1 amide bonds. The Morgan fingerprint density at radius 3 is 3.11 bits per heavy atom. The normalized spacial score (nSPS) is 15.7. The molecule has 2 rings (SSSR count). The predicted molar refractivity (Wildman–Crippen MR) is 62.4 cm³/mol. The van der Waals surface area contributed by atoms with E-state index in [1.807, 2.05) is 0 Å². The van der Waals surface area contributed by atoms with Crippen LogP contribution in [0.1, 0.15) is 31.0 Å². The average Bonchev–Trinajstić information content (AvgIpc) is 2.75. The molecule has 1 aromatic rings. The smallest absolute Gasteiger partial charge is 0.226 e. The zero-order chi connectivity index (χ0) is 13.0. The minimum Gasteiger partial charge on any atom is -0.339 e. The van der Waals surface area contributed by atoms with Crippen molar-refractivity contribution >= 4 is 5.91 Å². The first-order valence-electron chi connectivity index (χ1n) is 6.06. The first kappa shape index (κ1) is 12.7.